The average Bonchev–Trinajstić information content (AvgIpc) is 2.54. The van der Waals surface area contributed by atoms with Gasteiger partial charge < -0.3 is 4.74 Å². The van der Waals surface area contributed by atoms with E-state index in [9.17, 15) is 13.2 Å². The fraction of sp³-hybridized carbons (Fsp3) is 0.118. The maximum Gasteiger partial charge on any atom is 0.350 e. The van der Waals surface area contributed by atoms with Crippen LogP contribution in [0.3, 0.4) is 0 Å². The lowest BCUT2D eigenvalue weighted by Crippen LogP contribution is -2.16. The van der Waals surface area contributed by atoms with Gasteiger partial charge in [-0.2, -0.15) is 0 Å². The number of carbonyl (C=O) groups is 1. The van der Waals surface area contributed by atoms with E-state index in [4.69, 9.17) is 4.74 Å². The van der Waals surface area contributed by atoms with Gasteiger partial charge in [-0.05, 0) is 30.7 Å². The summed E-state index contributed by atoms with van der Waals surface area (Å²) in [5.41, 5.74) is 0.616. The van der Waals surface area contributed by atoms with Gasteiger partial charge in [-0.25, -0.2) is 13.2 Å². The van der Waals surface area contributed by atoms with Crippen LogP contribution in [0.25, 0.3) is 6.08 Å². The van der Waals surface area contributed by atoms with Crippen molar-refractivity contribution in [2.24, 2.45) is 0 Å². The number of hydrogen-bond acceptors (Lipinski definition) is 4. The summed E-state index contributed by atoms with van der Waals surface area (Å²) in [6.07, 6.45) is 1.33. The number of esters is 1. The number of rotatable bonds is 5. The van der Waals surface area contributed by atoms with Gasteiger partial charge in [0.05, 0.1) is 11.5 Å². The first kappa shape index (κ1) is 16.0. The maximum absolute atomic E-state index is 12.7. The Bertz CT molecular complexity index is 763. The summed E-state index contributed by atoms with van der Waals surface area (Å²) in [4.78, 5) is 11.8. The molecule has 0 saturated carbocycles. The van der Waals surface area contributed by atoms with Crippen LogP contribution in [-0.2, 0) is 19.4 Å². The quantitative estimate of drug-likeness (QED) is 0.628. The molecule has 0 aliphatic heterocycles. The highest BCUT2D eigenvalue weighted by atomic mass is 32.2. The lowest BCUT2D eigenvalue weighted by Gasteiger charge is -2.09. The number of carbonyl (C=O) groups excluding carboxylic acids is 1. The normalized spacial score (nSPS) is 12.0. The molecule has 5 heteroatoms. The highest BCUT2D eigenvalue weighted by molar-refractivity contribution is 7.96. The summed E-state index contributed by atoms with van der Waals surface area (Å²) in [6.45, 7) is 1.74. The minimum Gasteiger partial charge on any atom is -0.462 e. The van der Waals surface area contributed by atoms with Crippen LogP contribution in [0, 0.1) is 0 Å². The summed E-state index contributed by atoms with van der Waals surface area (Å²) in [6, 6.07) is 16.6. The third kappa shape index (κ3) is 3.62. The van der Waals surface area contributed by atoms with E-state index in [0.717, 1.165) is 0 Å². The molecule has 2 aromatic rings. The van der Waals surface area contributed by atoms with E-state index in [1.54, 1.807) is 49.4 Å². The minimum absolute atomic E-state index is 0.0604. The van der Waals surface area contributed by atoms with Gasteiger partial charge in [0.15, 0.2) is 4.91 Å². The molecule has 0 unspecified atom stereocenters. The van der Waals surface area contributed by atoms with E-state index < -0.39 is 15.8 Å². The molecule has 0 fully saturated rings. The number of benzene rings is 2. The monoisotopic (exact) mass is 316 g/mol. The molecule has 0 amide bonds. The molecule has 0 N–H and O–H groups in total. The van der Waals surface area contributed by atoms with Crippen LogP contribution >= 0.6 is 0 Å². The van der Waals surface area contributed by atoms with Crippen molar-refractivity contribution < 1.29 is 17.9 Å². The fourth-order valence-corrected chi connectivity index (χ4v) is 3.21. The zero-order valence-corrected chi connectivity index (χ0v) is 12.9. The standard InChI is InChI=1S/C17H16O4S/c1-2-21-17(18)16(13-14-9-5-3-6-10-14)22(19,20)15-11-7-4-8-12-15/h3-13H,2H2,1H3/b16-13+. The first-order valence-electron chi connectivity index (χ1n) is 6.79. The van der Waals surface area contributed by atoms with E-state index in [-0.39, 0.29) is 16.4 Å². The molecule has 0 aromatic heterocycles. The lowest BCUT2D eigenvalue weighted by atomic mass is 10.2. The van der Waals surface area contributed by atoms with Crippen LogP contribution in [0.2, 0.25) is 0 Å². The van der Waals surface area contributed by atoms with Crippen molar-refractivity contribution in [2.75, 3.05) is 6.61 Å². The Labute approximate surface area is 130 Å². The second kappa shape index (κ2) is 7.04. The van der Waals surface area contributed by atoms with E-state index in [0.29, 0.717) is 5.56 Å². The van der Waals surface area contributed by atoms with Gasteiger partial charge in [0.25, 0.3) is 0 Å². The van der Waals surface area contributed by atoms with Gasteiger partial charge in [0.1, 0.15) is 0 Å². The number of ether oxygens (including phenoxy) is 1. The van der Waals surface area contributed by atoms with E-state index in [1.807, 2.05) is 6.07 Å². The van der Waals surface area contributed by atoms with Gasteiger partial charge >= 0.3 is 5.97 Å². The Kier molecular flexibility index (Phi) is 5.12. The third-order valence-corrected chi connectivity index (χ3v) is 4.67. The van der Waals surface area contributed by atoms with E-state index >= 15 is 0 Å². The first-order chi connectivity index (χ1) is 10.6. The fourth-order valence-electron chi connectivity index (χ4n) is 1.88. The molecule has 0 aliphatic rings. The predicted octanol–water partition coefficient (Wildman–Crippen LogP) is 3.06. The molecule has 0 atom stereocenters. The topological polar surface area (TPSA) is 60.4 Å². The summed E-state index contributed by atoms with van der Waals surface area (Å²) in [5.74, 6) is -0.852. The zero-order chi connectivity index (χ0) is 16.0. The van der Waals surface area contributed by atoms with Gasteiger partial charge in [0, 0.05) is 0 Å². The molecule has 2 rings (SSSR count). The Balaban J connectivity index is 2.55. The van der Waals surface area contributed by atoms with Crippen molar-refractivity contribution >= 4 is 21.9 Å². The van der Waals surface area contributed by atoms with Crippen molar-refractivity contribution in [3.63, 3.8) is 0 Å². The van der Waals surface area contributed by atoms with Crippen LogP contribution in [-0.4, -0.2) is 21.0 Å². The summed E-state index contributed by atoms with van der Waals surface area (Å²) < 4.78 is 30.3. The smallest absolute Gasteiger partial charge is 0.350 e. The summed E-state index contributed by atoms with van der Waals surface area (Å²) in [7, 11) is -3.93. The molecule has 0 spiro atoms. The molecule has 0 bridgehead atoms. The van der Waals surface area contributed by atoms with Crippen molar-refractivity contribution in [1.29, 1.82) is 0 Å². The SMILES string of the molecule is CCOC(=O)/C(=C\c1ccccc1)S(=O)(=O)c1ccccc1. The minimum atomic E-state index is -3.93. The second-order valence-electron chi connectivity index (χ2n) is 4.46. The number of hydrogen-bond donors (Lipinski definition) is 0. The van der Waals surface area contributed by atoms with Crippen molar-refractivity contribution in [2.45, 2.75) is 11.8 Å². The van der Waals surface area contributed by atoms with E-state index in [1.165, 1.54) is 18.2 Å². The van der Waals surface area contributed by atoms with E-state index in [2.05, 4.69) is 0 Å². The largest absolute Gasteiger partial charge is 0.462 e. The molecule has 0 radical (unpaired) electrons. The van der Waals surface area contributed by atoms with Crippen molar-refractivity contribution in [1.82, 2.24) is 0 Å². The summed E-state index contributed by atoms with van der Waals surface area (Å²) in [5, 5.41) is 0. The van der Waals surface area contributed by atoms with Gasteiger partial charge in [-0.15, -0.1) is 0 Å². The first-order valence-corrected chi connectivity index (χ1v) is 8.28. The van der Waals surface area contributed by atoms with Crippen LogP contribution in [0.1, 0.15) is 12.5 Å². The van der Waals surface area contributed by atoms with Gasteiger partial charge in [-0.3, -0.25) is 0 Å². The second-order valence-corrected chi connectivity index (χ2v) is 6.37. The highest BCUT2D eigenvalue weighted by Crippen LogP contribution is 2.22. The maximum atomic E-state index is 12.7. The molecule has 4 nitrogen and oxygen atoms in total. The molecular weight excluding hydrogens is 300 g/mol. The van der Waals surface area contributed by atoms with Gasteiger partial charge in [0.2, 0.25) is 9.84 Å². The average molecular weight is 316 g/mol. The van der Waals surface area contributed by atoms with Crippen molar-refractivity contribution in [3.05, 3.63) is 71.1 Å². The summed E-state index contributed by atoms with van der Waals surface area (Å²) >= 11 is 0. The molecular formula is C17H16O4S. The Morgan fingerprint density at radius 3 is 2.09 bits per heavy atom. The highest BCUT2D eigenvalue weighted by Gasteiger charge is 2.28. The zero-order valence-electron chi connectivity index (χ0n) is 12.1. The van der Waals surface area contributed by atoms with Crippen LogP contribution in [0.5, 0.6) is 0 Å². The molecule has 0 saturated heterocycles. The lowest BCUT2D eigenvalue weighted by molar-refractivity contribution is -0.137. The molecule has 114 valence electrons. The Morgan fingerprint density at radius 1 is 1.00 bits per heavy atom. The van der Waals surface area contributed by atoms with Crippen LogP contribution in [0.4, 0.5) is 0 Å². The molecule has 2 aromatic carbocycles. The van der Waals surface area contributed by atoms with Gasteiger partial charge in [-0.1, -0.05) is 48.5 Å². The molecule has 0 aliphatic carbocycles. The van der Waals surface area contributed by atoms with Crippen LogP contribution in [0.15, 0.2) is 70.5 Å². The van der Waals surface area contributed by atoms with Crippen molar-refractivity contribution in [3.8, 4) is 0 Å². The van der Waals surface area contributed by atoms with Crippen LogP contribution < -0.4 is 0 Å². The predicted molar refractivity (Wildman–Crippen MR) is 84.7 cm³/mol. The Hall–Kier alpha value is -2.40. The third-order valence-electron chi connectivity index (χ3n) is 2.92. The number of sulfone groups is 1. The molecule has 22 heavy (non-hydrogen) atoms. The Morgan fingerprint density at radius 2 is 1.55 bits per heavy atom. The molecule has 0 heterocycles.